The summed E-state index contributed by atoms with van der Waals surface area (Å²) in [5, 5.41) is 7.72. The van der Waals surface area contributed by atoms with Gasteiger partial charge >= 0.3 is 0 Å². The second-order valence-electron chi connectivity index (χ2n) is 5.57. The predicted molar refractivity (Wildman–Crippen MR) is 86.0 cm³/mol. The maximum atomic E-state index is 6.24. The molecule has 2 unspecified atom stereocenters. The van der Waals surface area contributed by atoms with Crippen LogP contribution < -0.4 is 15.4 Å². The van der Waals surface area contributed by atoms with Gasteiger partial charge in [0.25, 0.3) is 0 Å². The first-order valence-electron chi connectivity index (χ1n) is 7.61. The maximum Gasteiger partial charge on any atom is 0.138 e. The Balaban J connectivity index is 1.86. The third-order valence-electron chi connectivity index (χ3n) is 3.61. The van der Waals surface area contributed by atoms with E-state index in [1.165, 1.54) is 12.8 Å². The lowest BCUT2D eigenvalue weighted by molar-refractivity contribution is 0.317. The zero-order valence-electron chi connectivity index (χ0n) is 12.4. The van der Waals surface area contributed by atoms with Crippen molar-refractivity contribution in [2.75, 3.05) is 18.5 Å². The number of benzene rings is 1. The van der Waals surface area contributed by atoms with Crippen LogP contribution in [0.1, 0.15) is 39.5 Å². The molecule has 1 aliphatic rings. The van der Waals surface area contributed by atoms with Gasteiger partial charge in [-0.3, -0.25) is 0 Å². The first kappa shape index (κ1) is 15.5. The van der Waals surface area contributed by atoms with Crippen molar-refractivity contribution in [2.45, 2.75) is 51.6 Å². The van der Waals surface area contributed by atoms with Gasteiger partial charge in [-0.2, -0.15) is 0 Å². The molecule has 2 atom stereocenters. The van der Waals surface area contributed by atoms with Crippen LogP contribution in [-0.2, 0) is 0 Å². The fourth-order valence-electron chi connectivity index (χ4n) is 2.65. The predicted octanol–water partition coefficient (Wildman–Crippen LogP) is 4.07. The average Bonchev–Trinajstić information content (AvgIpc) is 2.90. The third kappa shape index (κ3) is 4.57. The van der Waals surface area contributed by atoms with E-state index in [2.05, 4.69) is 24.5 Å². The molecule has 0 bridgehead atoms. The number of rotatable bonds is 7. The molecule has 0 saturated carbocycles. The van der Waals surface area contributed by atoms with Crippen molar-refractivity contribution >= 4 is 17.3 Å². The van der Waals surface area contributed by atoms with E-state index < -0.39 is 0 Å². The van der Waals surface area contributed by atoms with Crippen LogP contribution >= 0.6 is 11.6 Å². The van der Waals surface area contributed by atoms with Gasteiger partial charge in [-0.15, -0.1) is 0 Å². The molecule has 0 aliphatic carbocycles. The van der Waals surface area contributed by atoms with Gasteiger partial charge in [0.05, 0.1) is 11.6 Å². The standard InChI is InChI=1S/C16H25ClN2O/c1-3-9-20-16-7-6-14(11-15(16)17)19-12(2)10-13-5-4-8-18-13/h6-7,11-13,18-19H,3-5,8-10H2,1-2H3. The Bertz CT molecular complexity index is 419. The summed E-state index contributed by atoms with van der Waals surface area (Å²) in [5.74, 6) is 0.768. The Morgan fingerprint density at radius 1 is 1.50 bits per heavy atom. The van der Waals surface area contributed by atoms with E-state index in [1.807, 2.05) is 18.2 Å². The largest absolute Gasteiger partial charge is 0.492 e. The van der Waals surface area contributed by atoms with E-state index in [1.54, 1.807) is 0 Å². The lowest BCUT2D eigenvalue weighted by Gasteiger charge is -2.20. The second kappa shape index (κ2) is 7.75. The molecule has 2 rings (SSSR count). The molecule has 1 aromatic carbocycles. The number of anilines is 1. The lowest BCUT2D eigenvalue weighted by atomic mass is 10.1. The molecular formula is C16H25ClN2O. The summed E-state index contributed by atoms with van der Waals surface area (Å²) in [4.78, 5) is 0. The summed E-state index contributed by atoms with van der Waals surface area (Å²) >= 11 is 6.24. The normalized spacial score (nSPS) is 19.9. The van der Waals surface area contributed by atoms with Crippen LogP contribution in [0.3, 0.4) is 0 Å². The molecule has 0 amide bonds. The Morgan fingerprint density at radius 2 is 2.35 bits per heavy atom. The fraction of sp³-hybridized carbons (Fsp3) is 0.625. The van der Waals surface area contributed by atoms with Crippen molar-refractivity contribution in [3.8, 4) is 5.75 Å². The number of hydrogen-bond donors (Lipinski definition) is 2. The quantitative estimate of drug-likeness (QED) is 0.796. The van der Waals surface area contributed by atoms with E-state index in [0.29, 0.717) is 23.7 Å². The summed E-state index contributed by atoms with van der Waals surface area (Å²) in [6.45, 7) is 6.17. The van der Waals surface area contributed by atoms with Crippen molar-refractivity contribution in [1.82, 2.24) is 5.32 Å². The molecule has 1 aromatic rings. The van der Waals surface area contributed by atoms with Crippen molar-refractivity contribution in [3.63, 3.8) is 0 Å². The summed E-state index contributed by atoms with van der Waals surface area (Å²) < 4.78 is 5.58. The molecule has 3 nitrogen and oxygen atoms in total. The molecule has 0 aromatic heterocycles. The van der Waals surface area contributed by atoms with Crippen molar-refractivity contribution in [2.24, 2.45) is 0 Å². The average molecular weight is 297 g/mol. The van der Waals surface area contributed by atoms with E-state index in [0.717, 1.165) is 30.8 Å². The van der Waals surface area contributed by atoms with Gasteiger partial charge in [-0.25, -0.2) is 0 Å². The first-order chi connectivity index (χ1) is 9.69. The molecule has 1 heterocycles. The van der Waals surface area contributed by atoms with Crippen LogP contribution in [0, 0.1) is 0 Å². The van der Waals surface area contributed by atoms with Crippen LogP contribution in [0.25, 0.3) is 0 Å². The molecule has 1 saturated heterocycles. The zero-order chi connectivity index (χ0) is 14.4. The van der Waals surface area contributed by atoms with Crippen LogP contribution in [0.2, 0.25) is 5.02 Å². The van der Waals surface area contributed by atoms with Gasteiger partial charge in [0.2, 0.25) is 0 Å². The molecule has 0 spiro atoms. The minimum atomic E-state index is 0.434. The van der Waals surface area contributed by atoms with Crippen LogP contribution in [-0.4, -0.2) is 25.2 Å². The molecule has 0 radical (unpaired) electrons. The maximum absolute atomic E-state index is 6.24. The molecular weight excluding hydrogens is 272 g/mol. The van der Waals surface area contributed by atoms with Gasteiger partial charge < -0.3 is 15.4 Å². The van der Waals surface area contributed by atoms with E-state index in [4.69, 9.17) is 16.3 Å². The smallest absolute Gasteiger partial charge is 0.138 e. The van der Waals surface area contributed by atoms with Gasteiger partial charge in [-0.1, -0.05) is 18.5 Å². The molecule has 112 valence electrons. The van der Waals surface area contributed by atoms with Crippen LogP contribution in [0.15, 0.2) is 18.2 Å². The highest BCUT2D eigenvalue weighted by molar-refractivity contribution is 6.32. The van der Waals surface area contributed by atoms with Gasteiger partial charge in [-0.05, 0) is 57.4 Å². The van der Waals surface area contributed by atoms with Crippen molar-refractivity contribution < 1.29 is 4.74 Å². The summed E-state index contributed by atoms with van der Waals surface area (Å²) in [6, 6.07) is 7.02. The number of ether oxygens (including phenoxy) is 1. The molecule has 1 fully saturated rings. The van der Waals surface area contributed by atoms with Gasteiger partial charge in [0, 0.05) is 17.8 Å². The summed E-state index contributed by atoms with van der Waals surface area (Å²) in [6.07, 6.45) is 4.72. The van der Waals surface area contributed by atoms with E-state index >= 15 is 0 Å². The van der Waals surface area contributed by atoms with Gasteiger partial charge in [0.15, 0.2) is 0 Å². The topological polar surface area (TPSA) is 33.3 Å². The Hall–Kier alpha value is -0.930. The van der Waals surface area contributed by atoms with Crippen LogP contribution in [0.4, 0.5) is 5.69 Å². The monoisotopic (exact) mass is 296 g/mol. The van der Waals surface area contributed by atoms with E-state index in [9.17, 15) is 0 Å². The van der Waals surface area contributed by atoms with Crippen molar-refractivity contribution in [3.05, 3.63) is 23.2 Å². The zero-order valence-corrected chi connectivity index (χ0v) is 13.2. The van der Waals surface area contributed by atoms with Crippen LogP contribution in [0.5, 0.6) is 5.75 Å². The summed E-state index contributed by atoms with van der Waals surface area (Å²) in [7, 11) is 0. The minimum absolute atomic E-state index is 0.434. The SMILES string of the molecule is CCCOc1ccc(NC(C)CC2CCCN2)cc1Cl. The number of halogens is 1. The molecule has 20 heavy (non-hydrogen) atoms. The number of hydrogen-bond acceptors (Lipinski definition) is 3. The molecule has 2 N–H and O–H groups in total. The second-order valence-corrected chi connectivity index (χ2v) is 5.98. The fourth-order valence-corrected chi connectivity index (χ4v) is 2.88. The van der Waals surface area contributed by atoms with Gasteiger partial charge in [0.1, 0.15) is 5.75 Å². The molecule has 4 heteroatoms. The Labute approximate surface area is 127 Å². The Kier molecular flexibility index (Phi) is 5.99. The Morgan fingerprint density at radius 3 is 3.00 bits per heavy atom. The first-order valence-corrected chi connectivity index (χ1v) is 7.99. The number of nitrogens with one attached hydrogen (secondary N) is 2. The van der Waals surface area contributed by atoms with E-state index in [-0.39, 0.29) is 0 Å². The highest BCUT2D eigenvalue weighted by Crippen LogP contribution is 2.28. The highest BCUT2D eigenvalue weighted by atomic mass is 35.5. The lowest BCUT2D eigenvalue weighted by Crippen LogP contribution is -2.29. The summed E-state index contributed by atoms with van der Waals surface area (Å²) in [5.41, 5.74) is 1.06. The minimum Gasteiger partial charge on any atom is -0.492 e. The highest BCUT2D eigenvalue weighted by Gasteiger charge is 2.17. The third-order valence-corrected chi connectivity index (χ3v) is 3.90. The molecule has 1 aliphatic heterocycles. The van der Waals surface area contributed by atoms with Crippen molar-refractivity contribution in [1.29, 1.82) is 0 Å².